The lowest BCUT2D eigenvalue weighted by Crippen LogP contribution is -2.29. The van der Waals surface area contributed by atoms with Gasteiger partial charge in [-0.05, 0) is 55.3 Å². The van der Waals surface area contributed by atoms with Crippen LogP contribution in [0.15, 0.2) is 48.5 Å². The maximum Gasteiger partial charge on any atom is 0.416 e. The summed E-state index contributed by atoms with van der Waals surface area (Å²) in [6.45, 7) is 2.02. The summed E-state index contributed by atoms with van der Waals surface area (Å²) in [4.78, 5) is 23.9. The molecule has 0 fully saturated rings. The van der Waals surface area contributed by atoms with Gasteiger partial charge in [-0.3, -0.25) is 9.59 Å². The molecule has 1 unspecified atom stereocenters. The minimum Gasteiger partial charge on any atom is -0.352 e. The van der Waals surface area contributed by atoms with Crippen LogP contribution in [0, 0.1) is 0 Å². The summed E-state index contributed by atoms with van der Waals surface area (Å²) in [5, 5.41) is 5.98. The molecule has 150 valence electrons. The van der Waals surface area contributed by atoms with Crippen molar-refractivity contribution >= 4 is 23.4 Å². The monoisotopic (exact) mass is 412 g/mol. The van der Waals surface area contributed by atoms with E-state index in [0.29, 0.717) is 29.1 Å². The quantitative estimate of drug-likeness (QED) is 0.645. The van der Waals surface area contributed by atoms with Gasteiger partial charge in [0.25, 0.3) is 5.91 Å². The van der Waals surface area contributed by atoms with Crippen molar-refractivity contribution < 1.29 is 22.8 Å². The molecule has 2 rings (SSSR count). The van der Waals surface area contributed by atoms with Crippen LogP contribution in [0.2, 0.25) is 5.02 Å². The summed E-state index contributed by atoms with van der Waals surface area (Å²) >= 11 is 5.77. The minimum atomic E-state index is -4.39. The van der Waals surface area contributed by atoms with Crippen molar-refractivity contribution in [3.63, 3.8) is 0 Å². The number of carbonyl (C=O) groups excluding carboxylic acids is 2. The van der Waals surface area contributed by atoms with E-state index in [4.69, 9.17) is 11.6 Å². The molecule has 2 aromatic rings. The van der Waals surface area contributed by atoms with Crippen LogP contribution in [0.3, 0.4) is 0 Å². The first-order valence-electron chi connectivity index (χ1n) is 8.67. The Labute approximate surface area is 166 Å². The van der Waals surface area contributed by atoms with Gasteiger partial charge < -0.3 is 10.6 Å². The average molecular weight is 413 g/mol. The fraction of sp³-hybridized carbons (Fsp3) is 0.300. The summed E-state index contributed by atoms with van der Waals surface area (Å²) in [5.74, 6) is -0.497. The second kappa shape index (κ2) is 9.59. The molecule has 0 aromatic heterocycles. The Kier molecular flexibility index (Phi) is 7.45. The maximum atomic E-state index is 12.6. The number of alkyl halides is 3. The van der Waals surface area contributed by atoms with Crippen molar-refractivity contribution in [3.05, 3.63) is 70.2 Å². The number of hydrogen-bond donors (Lipinski definition) is 2. The first-order chi connectivity index (χ1) is 13.2. The molecule has 0 spiro atoms. The van der Waals surface area contributed by atoms with Crippen LogP contribution in [0.4, 0.5) is 13.2 Å². The zero-order valence-corrected chi connectivity index (χ0v) is 15.9. The van der Waals surface area contributed by atoms with Crippen molar-refractivity contribution in [1.29, 1.82) is 0 Å². The highest BCUT2D eigenvalue weighted by Crippen LogP contribution is 2.29. The molecule has 0 saturated carbocycles. The summed E-state index contributed by atoms with van der Waals surface area (Å²) in [7, 11) is 0. The first-order valence-corrected chi connectivity index (χ1v) is 9.05. The highest BCUT2D eigenvalue weighted by atomic mass is 35.5. The Morgan fingerprint density at radius 3 is 2.21 bits per heavy atom. The second-order valence-corrected chi connectivity index (χ2v) is 6.71. The van der Waals surface area contributed by atoms with Gasteiger partial charge in [0, 0.05) is 23.6 Å². The van der Waals surface area contributed by atoms with Crippen molar-refractivity contribution in [2.45, 2.75) is 32.0 Å². The largest absolute Gasteiger partial charge is 0.416 e. The molecule has 28 heavy (non-hydrogen) atoms. The van der Waals surface area contributed by atoms with Gasteiger partial charge >= 0.3 is 6.18 Å². The molecule has 8 heteroatoms. The Balaban J connectivity index is 1.73. The van der Waals surface area contributed by atoms with E-state index in [-0.39, 0.29) is 18.2 Å². The molecule has 2 aromatic carbocycles. The van der Waals surface area contributed by atoms with E-state index in [9.17, 15) is 22.8 Å². The predicted molar refractivity (Wildman–Crippen MR) is 101 cm³/mol. The molecule has 0 saturated heterocycles. The Hall–Kier alpha value is -2.54. The molecule has 0 heterocycles. The third-order valence-corrected chi connectivity index (χ3v) is 4.34. The summed E-state index contributed by atoms with van der Waals surface area (Å²) in [6.07, 6.45) is -3.77. The topological polar surface area (TPSA) is 58.2 Å². The van der Waals surface area contributed by atoms with Crippen LogP contribution < -0.4 is 10.6 Å². The number of amides is 2. The van der Waals surface area contributed by atoms with Crippen LogP contribution in [-0.4, -0.2) is 18.4 Å². The Morgan fingerprint density at radius 1 is 1.04 bits per heavy atom. The third-order valence-electron chi connectivity index (χ3n) is 4.09. The lowest BCUT2D eigenvalue weighted by atomic mass is 10.1. The average Bonchev–Trinajstić information content (AvgIpc) is 2.65. The third kappa shape index (κ3) is 6.56. The number of hydrogen-bond acceptors (Lipinski definition) is 2. The van der Waals surface area contributed by atoms with Crippen molar-refractivity contribution in [1.82, 2.24) is 10.6 Å². The SMILES string of the molecule is CC(NC(=O)CCCNC(=O)c1ccc(Cl)cc1)c1ccc(C(F)(F)F)cc1. The van der Waals surface area contributed by atoms with Crippen LogP contribution in [0.5, 0.6) is 0 Å². The van der Waals surface area contributed by atoms with E-state index in [1.165, 1.54) is 12.1 Å². The smallest absolute Gasteiger partial charge is 0.352 e. The van der Waals surface area contributed by atoms with E-state index >= 15 is 0 Å². The van der Waals surface area contributed by atoms with E-state index in [1.807, 2.05) is 0 Å². The number of rotatable bonds is 7. The highest BCUT2D eigenvalue weighted by molar-refractivity contribution is 6.30. The number of benzene rings is 2. The molecule has 0 bridgehead atoms. The van der Waals surface area contributed by atoms with Gasteiger partial charge in [-0.1, -0.05) is 23.7 Å². The molecule has 0 aliphatic rings. The van der Waals surface area contributed by atoms with Gasteiger partial charge in [-0.25, -0.2) is 0 Å². The first kappa shape index (κ1) is 21.8. The van der Waals surface area contributed by atoms with Gasteiger partial charge in [0.1, 0.15) is 0 Å². The summed E-state index contributed by atoms with van der Waals surface area (Å²) in [6, 6.07) is 10.7. The van der Waals surface area contributed by atoms with Gasteiger partial charge in [-0.15, -0.1) is 0 Å². The summed E-state index contributed by atoms with van der Waals surface area (Å²) < 4.78 is 37.7. The standard InChI is InChI=1S/C20H20ClF3N2O2/c1-13(14-4-8-16(9-5-14)20(22,23)24)26-18(27)3-2-12-25-19(28)15-6-10-17(21)11-7-15/h4-11,13H,2-3,12H2,1H3,(H,25,28)(H,26,27). The minimum absolute atomic E-state index is 0.186. The van der Waals surface area contributed by atoms with Crippen molar-refractivity contribution in [2.24, 2.45) is 0 Å². The van der Waals surface area contributed by atoms with Crippen LogP contribution in [0.25, 0.3) is 0 Å². The maximum absolute atomic E-state index is 12.6. The fourth-order valence-electron chi connectivity index (χ4n) is 2.51. The van der Waals surface area contributed by atoms with Gasteiger partial charge in [-0.2, -0.15) is 13.2 Å². The zero-order chi connectivity index (χ0) is 20.7. The molecule has 2 N–H and O–H groups in total. The summed E-state index contributed by atoms with van der Waals surface area (Å²) in [5.41, 5.74) is 0.327. The molecule has 0 aliphatic carbocycles. The predicted octanol–water partition coefficient (Wildman–Crippen LogP) is 4.75. The lowest BCUT2D eigenvalue weighted by molar-refractivity contribution is -0.137. The fourth-order valence-corrected chi connectivity index (χ4v) is 2.64. The van der Waals surface area contributed by atoms with E-state index in [2.05, 4.69) is 10.6 Å². The number of nitrogens with one attached hydrogen (secondary N) is 2. The molecule has 2 amide bonds. The molecular weight excluding hydrogens is 393 g/mol. The van der Waals surface area contributed by atoms with E-state index in [0.717, 1.165) is 12.1 Å². The van der Waals surface area contributed by atoms with Gasteiger partial charge in [0.15, 0.2) is 0 Å². The lowest BCUT2D eigenvalue weighted by Gasteiger charge is -2.15. The van der Waals surface area contributed by atoms with Crippen molar-refractivity contribution in [2.75, 3.05) is 6.54 Å². The number of carbonyl (C=O) groups is 2. The zero-order valence-electron chi connectivity index (χ0n) is 15.1. The molecule has 0 radical (unpaired) electrons. The van der Waals surface area contributed by atoms with Gasteiger partial charge in [0.05, 0.1) is 11.6 Å². The van der Waals surface area contributed by atoms with Gasteiger partial charge in [0.2, 0.25) is 5.91 Å². The molecule has 4 nitrogen and oxygen atoms in total. The van der Waals surface area contributed by atoms with Crippen LogP contribution in [0.1, 0.15) is 47.3 Å². The van der Waals surface area contributed by atoms with Crippen LogP contribution >= 0.6 is 11.6 Å². The van der Waals surface area contributed by atoms with Crippen molar-refractivity contribution in [3.8, 4) is 0 Å². The van der Waals surface area contributed by atoms with E-state index in [1.54, 1.807) is 31.2 Å². The molecular formula is C20H20ClF3N2O2. The van der Waals surface area contributed by atoms with Crippen LogP contribution in [-0.2, 0) is 11.0 Å². The number of halogens is 4. The Bertz CT molecular complexity index is 806. The molecule has 1 atom stereocenters. The second-order valence-electron chi connectivity index (χ2n) is 6.28. The van der Waals surface area contributed by atoms with E-state index < -0.39 is 17.8 Å². The Morgan fingerprint density at radius 2 is 1.64 bits per heavy atom. The highest BCUT2D eigenvalue weighted by Gasteiger charge is 2.30. The normalized spacial score (nSPS) is 12.3. The molecule has 0 aliphatic heterocycles.